The molecule has 5 amide bonds. The summed E-state index contributed by atoms with van der Waals surface area (Å²) in [5, 5.41) is 46.1. The molecule has 0 radical (unpaired) electrons. The molecule has 0 saturated carbocycles. The van der Waals surface area contributed by atoms with Gasteiger partial charge in [0.05, 0.1) is 0 Å². The molecule has 0 spiro atoms. The van der Waals surface area contributed by atoms with Crippen LogP contribution >= 0.6 is 0 Å². The van der Waals surface area contributed by atoms with Crippen LogP contribution in [0.1, 0.15) is 86.1 Å². The van der Waals surface area contributed by atoms with Crippen LogP contribution < -0.4 is 60.2 Å². The summed E-state index contributed by atoms with van der Waals surface area (Å²) in [5.41, 5.74) is 11.9. The molecule has 21 heteroatoms. The number of nitrogens with two attached hydrogens (primary N) is 1. The van der Waals surface area contributed by atoms with Crippen LogP contribution in [0.2, 0.25) is 0 Å². The lowest BCUT2D eigenvalue weighted by atomic mass is 9.78. The van der Waals surface area contributed by atoms with Gasteiger partial charge in [-0.1, -0.05) is 138 Å². The topological polar surface area (TPSA) is 316 Å². The maximum Gasteiger partial charge on any atom is 0.409 e. The number of phenols is 1. The first-order valence-electron chi connectivity index (χ1n) is 31.0. The summed E-state index contributed by atoms with van der Waals surface area (Å²) in [7, 11) is 0. The molecule has 10 N–H and O–H groups in total. The maximum absolute atomic E-state index is 13.6. The van der Waals surface area contributed by atoms with Crippen LogP contribution in [-0.4, -0.2) is 78.3 Å². The van der Waals surface area contributed by atoms with Crippen molar-refractivity contribution in [2.75, 3.05) is 13.1 Å². The molecular weight excluding hydrogens is 1230 g/mol. The Morgan fingerprint density at radius 1 is 0.402 bits per heavy atom. The van der Waals surface area contributed by atoms with E-state index in [4.69, 9.17) is 55.1 Å². The van der Waals surface area contributed by atoms with Gasteiger partial charge in [0.1, 0.15) is 58.1 Å². The number of hydrogen-bond donors (Lipinski definition) is 9. The first-order valence-corrected chi connectivity index (χ1v) is 31.0. The lowest BCUT2D eigenvalue weighted by Gasteiger charge is -2.26. The van der Waals surface area contributed by atoms with Gasteiger partial charge in [0.15, 0.2) is 0 Å². The molecule has 0 aromatic heterocycles. The fraction of sp³-hybridized carbons (Fsp3) is 0.211. The van der Waals surface area contributed by atoms with Gasteiger partial charge in [0.2, 0.25) is 23.6 Å². The monoisotopic (exact) mass is 1310 g/mol. The van der Waals surface area contributed by atoms with Crippen molar-refractivity contribution in [3.63, 3.8) is 0 Å². The lowest BCUT2D eigenvalue weighted by Crippen LogP contribution is -2.48. The molecule has 0 heterocycles. The molecule has 0 aliphatic carbocycles. The first-order chi connectivity index (χ1) is 46.2. The molecule has 8 aromatic rings. The number of hydrogen-bond acceptors (Lipinski definition) is 16. The smallest absolute Gasteiger partial charge is 0.409 e. The summed E-state index contributed by atoms with van der Waals surface area (Å²) < 4.78 is 39.0. The van der Waals surface area contributed by atoms with E-state index in [0.29, 0.717) is 65.2 Å². The van der Waals surface area contributed by atoms with Crippen LogP contribution in [-0.2, 0) is 55.7 Å². The van der Waals surface area contributed by atoms with E-state index in [-0.39, 0.29) is 42.2 Å². The van der Waals surface area contributed by atoms with Crippen molar-refractivity contribution in [1.29, 1.82) is 16.2 Å². The molecular formula is C76H78N8O13. The second-order valence-corrected chi connectivity index (χ2v) is 23.9. The zero-order valence-electron chi connectivity index (χ0n) is 54.7. The highest BCUT2D eigenvalue weighted by molar-refractivity contribution is 5.97. The molecule has 97 heavy (non-hydrogen) atoms. The van der Waals surface area contributed by atoms with Crippen LogP contribution in [0.25, 0.3) is 0 Å². The lowest BCUT2D eigenvalue weighted by molar-refractivity contribution is -0.127. The van der Waals surface area contributed by atoms with E-state index >= 15 is 0 Å². The average molecular weight is 1310 g/mol. The van der Waals surface area contributed by atoms with E-state index in [0.717, 1.165) is 38.9 Å². The van der Waals surface area contributed by atoms with Gasteiger partial charge < -0.3 is 65.3 Å². The Kier molecular flexibility index (Phi) is 23.9. The Hall–Kier alpha value is -12.0. The Morgan fingerprint density at radius 2 is 0.639 bits per heavy atom. The summed E-state index contributed by atoms with van der Waals surface area (Å²) >= 11 is 0. The molecule has 0 aliphatic rings. The quantitative estimate of drug-likeness (QED) is 0.0132. The fourth-order valence-electron chi connectivity index (χ4n) is 10.0. The number of phenolic OH excluding ortho intramolecular Hbond substituents is 1. The van der Waals surface area contributed by atoms with Gasteiger partial charge in [0.25, 0.3) is 0 Å². The van der Waals surface area contributed by atoms with Crippen LogP contribution in [0, 0.1) is 16.2 Å². The normalized spacial score (nSPS) is 11.6. The van der Waals surface area contributed by atoms with Gasteiger partial charge in [-0.3, -0.25) is 19.2 Å². The molecule has 0 fully saturated rings. The van der Waals surface area contributed by atoms with E-state index < -0.39 is 65.0 Å². The number of aromatic hydroxyl groups is 1. The molecule has 500 valence electrons. The summed E-state index contributed by atoms with van der Waals surface area (Å²) in [5.74, 6) is 1.05. The second-order valence-electron chi connectivity index (χ2n) is 23.9. The van der Waals surface area contributed by atoms with Crippen molar-refractivity contribution < 1.29 is 62.2 Å². The van der Waals surface area contributed by atoms with E-state index in [1.807, 2.05) is 72.8 Å². The minimum atomic E-state index is -0.938. The van der Waals surface area contributed by atoms with E-state index in [1.54, 1.807) is 123 Å². The predicted molar refractivity (Wildman–Crippen MR) is 369 cm³/mol. The van der Waals surface area contributed by atoms with Gasteiger partial charge in [-0.05, 0) is 168 Å². The number of carbonyl (C=O) groups excluding carboxylic acids is 5. The van der Waals surface area contributed by atoms with E-state index in [9.17, 15) is 29.1 Å². The SMILES string of the molecule is C=C(C)C(=O)N[C@@H](Cc1ccc(O)cc1)C(=O)NCCc1ccc(OC(=N)Oc2ccc(C(C)(C)c3ccc(OC(=N)Oc4ccc(C[C@H](NC(=O)C(=C)C)C(=O)NCCc5ccc(OC(=N)Oc6ccc(C(C)(C)c7ccc(OC(N)=O)cc7)cc6)cc5)cc4)cc3)cc2)cc1. The van der Waals surface area contributed by atoms with Crippen LogP contribution in [0.15, 0.2) is 218 Å². The third-order valence-corrected chi connectivity index (χ3v) is 15.8. The third kappa shape index (κ3) is 21.0. The highest BCUT2D eigenvalue weighted by Gasteiger charge is 2.27. The standard InChI is InChI=1S/C76H78N8O13/c1-47(2)67(86)83-65(45-51-9-25-57(85)26-10-51)69(88)81-43-41-49-11-27-59(28-12-49)93-73(79)96-63-37-21-55(22-38-63)76(7,8)56-23-39-64(40-24-56)97-74(80)94-61-31-15-52(16-32-61)46-66(84-68(87)48(3)4)70(89)82-44-42-50-13-29-60(30-14-50)92-72(78)95-62-35-19-54(20-36-62)75(5,6)53-17-33-58(34-18-53)91-71(77)90/h9-40,65-66,78-80,85H,1,3,41-46H2,2,4-8H3,(H2,77,90)(H,81,88)(H,82,89)(H,83,86)(H,84,87)/t65-,66-/m0/s1. The van der Waals surface area contributed by atoms with Crippen LogP contribution in [0.4, 0.5) is 4.79 Å². The Bertz CT molecular complexity index is 4120. The van der Waals surface area contributed by atoms with Crippen LogP contribution in [0.3, 0.4) is 0 Å². The number of rotatable bonds is 27. The largest absolute Gasteiger partial charge is 0.508 e. The van der Waals surface area contributed by atoms with Gasteiger partial charge in [-0.2, -0.15) is 0 Å². The van der Waals surface area contributed by atoms with Gasteiger partial charge in [0, 0.05) is 47.9 Å². The number of primary amides is 1. The number of amides is 5. The van der Waals surface area contributed by atoms with Gasteiger partial charge >= 0.3 is 24.3 Å². The highest BCUT2D eigenvalue weighted by atomic mass is 16.7. The average Bonchev–Trinajstić information content (AvgIpc) is 0.811. The minimum Gasteiger partial charge on any atom is -0.508 e. The highest BCUT2D eigenvalue weighted by Crippen LogP contribution is 2.35. The van der Waals surface area contributed by atoms with Crippen molar-refractivity contribution in [3.05, 3.63) is 263 Å². The molecule has 8 aromatic carbocycles. The van der Waals surface area contributed by atoms with E-state index in [1.165, 1.54) is 12.1 Å². The van der Waals surface area contributed by atoms with Gasteiger partial charge in [-0.15, -0.1) is 0 Å². The molecule has 21 nitrogen and oxygen atoms in total. The Labute approximate surface area is 563 Å². The zero-order valence-corrected chi connectivity index (χ0v) is 54.7. The Morgan fingerprint density at radius 3 is 0.897 bits per heavy atom. The summed E-state index contributed by atoms with van der Waals surface area (Å²) in [6, 6.07) is 54.4. The summed E-state index contributed by atoms with van der Waals surface area (Å²) in [6.45, 7) is 19.3. The van der Waals surface area contributed by atoms with Crippen molar-refractivity contribution in [2.24, 2.45) is 5.73 Å². The second kappa shape index (κ2) is 32.7. The summed E-state index contributed by atoms with van der Waals surface area (Å²) in [6.07, 6.45) is -0.886. The Balaban J connectivity index is 0.743. The van der Waals surface area contributed by atoms with Crippen molar-refractivity contribution >= 4 is 48.0 Å². The van der Waals surface area contributed by atoms with Gasteiger partial charge in [-0.25, -0.2) is 21.0 Å². The molecule has 0 saturated heterocycles. The summed E-state index contributed by atoms with van der Waals surface area (Å²) in [4.78, 5) is 63.1. The van der Waals surface area contributed by atoms with E-state index in [2.05, 4.69) is 62.1 Å². The molecule has 0 aliphatic heterocycles. The zero-order chi connectivity index (χ0) is 69.8. The molecule has 0 bridgehead atoms. The van der Waals surface area contributed by atoms with Crippen molar-refractivity contribution in [1.82, 2.24) is 21.3 Å². The third-order valence-electron chi connectivity index (χ3n) is 15.8. The molecule has 8 rings (SSSR count). The predicted octanol–water partition coefficient (Wildman–Crippen LogP) is 11.6. The fourth-order valence-corrected chi connectivity index (χ4v) is 10.0. The number of ether oxygens (including phenoxy) is 7. The number of nitrogens with one attached hydrogen (secondary N) is 7. The van der Waals surface area contributed by atoms with Crippen molar-refractivity contribution in [3.8, 4) is 46.0 Å². The maximum atomic E-state index is 13.6. The number of carbonyl (C=O) groups is 5. The van der Waals surface area contributed by atoms with Crippen LogP contribution in [0.5, 0.6) is 46.0 Å². The number of benzene rings is 8. The van der Waals surface area contributed by atoms with Crippen molar-refractivity contribution in [2.45, 2.75) is 90.1 Å². The minimum absolute atomic E-state index is 0.0982. The molecule has 2 atom stereocenters. The molecule has 0 unspecified atom stereocenters. The first kappa shape index (κ1) is 70.9.